The standard InChI is InChI=1S/C19H15F3N2O2S/c1-11-17(13-7-5-12(6-8-13)9-16(25)26)24-18(27-11)23-15-4-2-3-14(10-15)19(20,21)22/h2-8,10H,9H2,1H3,(H,23,24)(H,25,26). The number of halogens is 3. The number of carbonyl (C=O) groups is 1. The average molecular weight is 392 g/mol. The second kappa shape index (κ2) is 7.40. The largest absolute Gasteiger partial charge is 0.481 e. The second-order valence-corrected chi connectivity index (χ2v) is 7.10. The van der Waals surface area contributed by atoms with E-state index in [4.69, 9.17) is 5.11 Å². The molecule has 27 heavy (non-hydrogen) atoms. The topological polar surface area (TPSA) is 62.2 Å². The Morgan fingerprint density at radius 2 is 1.89 bits per heavy atom. The van der Waals surface area contributed by atoms with Crippen LogP contribution in [0.15, 0.2) is 48.5 Å². The van der Waals surface area contributed by atoms with Gasteiger partial charge in [-0.1, -0.05) is 30.3 Å². The van der Waals surface area contributed by atoms with E-state index < -0.39 is 17.7 Å². The molecule has 0 saturated heterocycles. The average Bonchev–Trinajstić information content (AvgIpc) is 2.95. The van der Waals surface area contributed by atoms with Crippen LogP contribution < -0.4 is 5.32 Å². The van der Waals surface area contributed by atoms with E-state index in [9.17, 15) is 18.0 Å². The minimum atomic E-state index is -4.40. The fourth-order valence-corrected chi connectivity index (χ4v) is 3.43. The SMILES string of the molecule is Cc1sc(Nc2cccc(C(F)(F)F)c2)nc1-c1ccc(CC(=O)O)cc1. The number of thiazole rings is 1. The summed E-state index contributed by atoms with van der Waals surface area (Å²) in [6.45, 7) is 1.87. The van der Waals surface area contributed by atoms with Crippen molar-refractivity contribution in [1.82, 2.24) is 4.98 Å². The highest BCUT2D eigenvalue weighted by Gasteiger charge is 2.30. The molecule has 8 heteroatoms. The number of aliphatic carboxylic acids is 1. The molecule has 0 unspecified atom stereocenters. The summed E-state index contributed by atoms with van der Waals surface area (Å²) >= 11 is 1.33. The molecule has 0 aliphatic rings. The van der Waals surface area contributed by atoms with E-state index in [2.05, 4.69) is 10.3 Å². The fourth-order valence-electron chi connectivity index (χ4n) is 2.57. The predicted octanol–water partition coefficient (Wildman–Crippen LogP) is 5.51. The first-order chi connectivity index (χ1) is 12.7. The molecule has 2 aromatic carbocycles. The molecule has 0 saturated carbocycles. The maximum absolute atomic E-state index is 12.8. The monoisotopic (exact) mass is 392 g/mol. The number of aryl methyl sites for hydroxylation is 1. The number of rotatable bonds is 5. The van der Waals surface area contributed by atoms with Crippen LogP contribution >= 0.6 is 11.3 Å². The summed E-state index contributed by atoms with van der Waals surface area (Å²) in [4.78, 5) is 16.1. The molecule has 1 aromatic heterocycles. The van der Waals surface area contributed by atoms with Gasteiger partial charge in [-0.05, 0) is 30.7 Å². The molecule has 0 bridgehead atoms. The number of alkyl halides is 3. The van der Waals surface area contributed by atoms with Crippen molar-refractivity contribution in [1.29, 1.82) is 0 Å². The van der Waals surface area contributed by atoms with E-state index >= 15 is 0 Å². The minimum Gasteiger partial charge on any atom is -0.481 e. The Kier molecular flexibility index (Phi) is 5.18. The molecular weight excluding hydrogens is 377 g/mol. The Balaban J connectivity index is 1.82. The van der Waals surface area contributed by atoms with E-state index in [0.29, 0.717) is 22.1 Å². The molecule has 0 aliphatic carbocycles. The van der Waals surface area contributed by atoms with Gasteiger partial charge in [-0.15, -0.1) is 11.3 Å². The summed E-state index contributed by atoms with van der Waals surface area (Å²) in [6.07, 6.45) is -4.46. The predicted molar refractivity (Wildman–Crippen MR) is 98.4 cm³/mol. The van der Waals surface area contributed by atoms with Gasteiger partial charge in [0.15, 0.2) is 5.13 Å². The molecule has 0 spiro atoms. The van der Waals surface area contributed by atoms with Gasteiger partial charge in [0.2, 0.25) is 0 Å². The molecule has 0 fully saturated rings. The summed E-state index contributed by atoms with van der Waals surface area (Å²) in [6, 6.07) is 12.0. The number of nitrogens with one attached hydrogen (secondary N) is 1. The highest BCUT2D eigenvalue weighted by atomic mass is 32.1. The second-order valence-electron chi connectivity index (χ2n) is 5.89. The summed E-state index contributed by atoms with van der Waals surface area (Å²) in [5, 5.41) is 12.2. The van der Waals surface area contributed by atoms with Gasteiger partial charge in [-0.3, -0.25) is 4.79 Å². The molecule has 0 radical (unpaired) electrons. The van der Waals surface area contributed by atoms with Gasteiger partial charge in [0.05, 0.1) is 17.7 Å². The smallest absolute Gasteiger partial charge is 0.416 e. The molecule has 0 amide bonds. The molecular formula is C19H15F3N2O2S. The van der Waals surface area contributed by atoms with Crippen LogP contribution in [0, 0.1) is 6.92 Å². The molecule has 140 valence electrons. The van der Waals surface area contributed by atoms with Gasteiger partial charge in [0.25, 0.3) is 0 Å². The number of carboxylic acids is 1. The van der Waals surface area contributed by atoms with Crippen LogP contribution in [0.25, 0.3) is 11.3 Å². The van der Waals surface area contributed by atoms with Crippen molar-refractivity contribution in [2.75, 3.05) is 5.32 Å². The first-order valence-electron chi connectivity index (χ1n) is 7.95. The summed E-state index contributed by atoms with van der Waals surface area (Å²) < 4.78 is 38.5. The number of aromatic nitrogens is 1. The van der Waals surface area contributed by atoms with E-state index in [1.54, 1.807) is 30.3 Å². The Hall–Kier alpha value is -2.87. The van der Waals surface area contributed by atoms with Gasteiger partial charge in [-0.25, -0.2) is 4.98 Å². The minimum absolute atomic E-state index is 0.0569. The number of nitrogens with zero attached hydrogens (tertiary/aromatic N) is 1. The van der Waals surface area contributed by atoms with Crippen LogP contribution in [0.2, 0.25) is 0 Å². The molecule has 4 nitrogen and oxygen atoms in total. The van der Waals surface area contributed by atoms with E-state index in [0.717, 1.165) is 22.6 Å². The summed E-state index contributed by atoms with van der Waals surface area (Å²) in [5.41, 5.74) is 1.78. The van der Waals surface area contributed by atoms with Crippen molar-refractivity contribution in [2.24, 2.45) is 0 Å². The van der Waals surface area contributed by atoms with Crippen molar-refractivity contribution in [3.8, 4) is 11.3 Å². The third-order valence-electron chi connectivity index (χ3n) is 3.82. The third-order valence-corrected chi connectivity index (χ3v) is 4.71. The molecule has 3 rings (SSSR count). The number of benzene rings is 2. The summed E-state index contributed by atoms with van der Waals surface area (Å²) in [7, 11) is 0. The molecule has 0 aliphatic heterocycles. The number of carboxylic acid groups (broad SMARTS) is 1. The lowest BCUT2D eigenvalue weighted by molar-refractivity contribution is -0.138. The molecule has 3 aromatic rings. The summed E-state index contributed by atoms with van der Waals surface area (Å²) in [5.74, 6) is -0.903. The van der Waals surface area contributed by atoms with E-state index in [-0.39, 0.29) is 6.42 Å². The highest BCUT2D eigenvalue weighted by Crippen LogP contribution is 2.34. The number of anilines is 2. The van der Waals surface area contributed by atoms with E-state index in [1.165, 1.54) is 17.4 Å². The van der Waals surface area contributed by atoms with Crippen LogP contribution in [0.4, 0.5) is 24.0 Å². The number of hydrogen-bond donors (Lipinski definition) is 2. The quantitative estimate of drug-likeness (QED) is 0.601. The lowest BCUT2D eigenvalue weighted by Gasteiger charge is -2.08. The Morgan fingerprint density at radius 3 is 2.52 bits per heavy atom. The van der Waals surface area contributed by atoms with Crippen LogP contribution in [0.5, 0.6) is 0 Å². The van der Waals surface area contributed by atoms with Crippen molar-refractivity contribution < 1.29 is 23.1 Å². The van der Waals surface area contributed by atoms with Gasteiger partial charge in [0, 0.05) is 16.1 Å². The van der Waals surface area contributed by atoms with Crippen LogP contribution in [-0.2, 0) is 17.4 Å². The van der Waals surface area contributed by atoms with Crippen molar-refractivity contribution in [3.05, 3.63) is 64.5 Å². The van der Waals surface area contributed by atoms with Crippen LogP contribution in [-0.4, -0.2) is 16.1 Å². The van der Waals surface area contributed by atoms with Crippen molar-refractivity contribution in [2.45, 2.75) is 19.5 Å². The van der Waals surface area contributed by atoms with E-state index in [1.807, 2.05) is 6.92 Å². The van der Waals surface area contributed by atoms with Gasteiger partial charge >= 0.3 is 12.1 Å². The molecule has 2 N–H and O–H groups in total. The zero-order valence-electron chi connectivity index (χ0n) is 14.2. The Bertz CT molecular complexity index is 966. The maximum Gasteiger partial charge on any atom is 0.416 e. The Morgan fingerprint density at radius 1 is 1.19 bits per heavy atom. The Labute approximate surface area is 157 Å². The fraction of sp³-hybridized carbons (Fsp3) is 0.158. The van der Waals surface area contributed by atoms with Gasteiger partial charge < -0.3 is 10.4 Å². The molecule has 0 atom stereocenters. The third kappa shape index (κ3) is 4.65. The van der Waals surface area contributed by atoms with Gasteiger partial charge in [-0.2, -0.15) is 13.2 Å². The van der Waals surface area contributed by atoms with Crippen molar-refractivity contribution in [3.63, 3.8) is 0 Å². The first-order valence-corrected chi connectivity index (χ1v) is 8.77. The number of hydrogen-bond acceptors (Lipinski definition) is 4. The maximum atomic E-state index is 12.8. The normalized spacial score (nSPS) is 11.4. The van der Waals surface area contributed by atoms with Gasteiger partial charge in [0.1, 0.15) is 0 Å². The van der Waals surface area contributed by atoms with Crippen molar-refractivity contribution >= 4 is 28.1 Å². The lowest BCUT2D eigenvalue weighted by Crippen LogP contribution is -2.05. The van der Waals surface area contributed by atoms with Crippen LogP contribution in [0.3, 0.4) is 0 Å². The zero-order valence-corrected chi connectivity index (χ0v) is 15.0. The lowest BCUT2D eigenvalue weighted by atomic mass is 10.1. The first kappa shape index (κ1) is 18.9. The highest BCUT2D eigenvalue weighted by molar-refractivity contribution is 7.16. The molecule has 1 heterocycles. The zero-order chi connectivity index (χ0) is 19.6. The van der Waals surface area contributed by atoms with Crippen LogP contribution in [0.1, 0.15) is 16.0 Å².